The summed E-state index contributed by atoms with van der Waals surface area (Å²) in [6.45, 7) is 14.2. The van der Waals surface area contributed by atoms with Crippen LogP contribution in [0.5, 0.6) is 0 Å². The molecule has 0 spiro atoms. The van der Waals surface area contributed by atoms with Crippen LogP contribution in [0.25, 0.3) is 0 Å². The first-order valence-corrected chi connectivity index (χ1v) is 7.92. The van der Waals surface area contributed by atoms with Crippen molar-refractivity contribution in [1.82, 2.24) is 4.90 Å². The summed E-state index contributed by atoms with van der Waals surface area (Å²) >= 11 is 0. The maximum absolute atomic E-state index is 6.33. The van der Waals surface area contributed by atoms with Crippen molar-refractivity contribution in [2.45, 2.75) is 77.0 Å². The van der Waals surface area contributed by atoms with E-state index in [-0.39, 0.29) is 16.7 Å². The Labute approximate surface area is 118 Å². The molecule has 1 atom stereocenters. The molecule has 3 heteroatoms. The summed E-state index contributed by atoms with van der Waals surface area (Å²) in [5.41, 5.74) is 6.02. The van der Waals surface area contributed by atoms with Gasteiger partial charge in [0.15, 0.2) is 0 Å². The molecule has 0 radical (unpaired) electrons. The fourth-order valence-electron chi connectivity index (χ4n) is 4.45. The zero-order valence-electron chi connectivity index (χ0n) is 13.5. The monoisotopic (exact) mass is 268 g/mol. The molecule has 2 aliphatic rings. The fraction of sp³-hybridized carbons (Fsp3) is 1.00. The van der Waals surface area contributed by atoms with Gasteiger partial charge in [-0.3, -0.25) is 4.90 Å². The van der Waals surface area contributed by atoms with E-state index in [4.69, 9.17) is 10.5 Å². The normalized spacial score (nSPS) is 35.7. The molecule has 0 saturated carbocycles. The van der Waals surface area contributed by atoms with Gasteiger partial charge in [0.05, 0.1) is 16.7 Å². The van der Waals surface area contributed by atoms with Crippen LogP contribution in [-0.2, 0) is 4.74 Å². The zero-order valence-corrected chi connectivity index (χ0v) is 13.5. The van der Waals surface area contributed by atoms with Crippen LogP contribution in [0.4, 0.5) is 0 Å². The summed E-state index contributed by atoms with van der Waals surface area (Å²) in [6.07, 6.45) is 4.98. The quantitative estimate of drug-likeness (QED) is 0.855. The standard InChI is InChI=1S/C16H32N2O/c1-6-13-7-9-18(10-8-13)16(12-17)11-14(2,3)19-15(16,4)5/h13H,6-12,17H2,1-5H3. The summed E-state index contributed by atoms with van der Waals surface area (Å²) in [7, 11) is 0. The highest BCUT2D eigenvalue weighted by Gasteiger charge is 2.59. The molecule has 0 aromatic carbocycles. The number of piperidine rings is 1. The number of hydrogen-bond acceptors (Lipinski definition) is 3. The zero-order chi connectivity index (χ0) is 14.3. The van der Waals surface area contributed by atoms with Crippen LogP contribution >= 0.6 is 0 Å². The first-order chi connectivity index (χ1) is 8.76. The van der Waals surface area contributed by atoms with Gasteiger partial charge in [0.25, 0.3) is 0 Å². The minimum atomic E-state index is -0.162. The smallest absolute Gasteiger partial charge is 0.0830 e. The van der Waals surface area contributed by atoms with Crippen molar-refractivity contribution in [3.63, 3.8) is 0 Å². The SMILES string of the molecule is CCC1CCN(C2(CN)CC(C)(C)OC2(C)C)CC1. The predicted octanol–water partition coefficient (Wildman–Crippen LogP) is 2.78. The number of ether oxygens (including phenoxy) is 1. The number of nitrogens with zero attached hydrogens (tertiary/aromatic N) is 1. The summed E-state index contributed by atoms with van der Waals surface area (Å²) in [6, 6.07) is 0. The highest BCUT2D eigenvalue weighted by molar-refractivity contribution is 5.13. The van der Waals surface area contributed by atoms with Gasteiger partial charge in [0.2, 0.25) is 0 Å². The molecular formula is C16H32N2O. The van der Waals surface area contributed by atoms with E-state index >= 15 is 0 Å². The van der Waals surface area contributed by atoms with Gasteiger partial charge in [-0.2, -0.15) is 0 Å². The molecule has 0 amide bonds. The second-order valence-electron chi connectivity index (χ2n) is 7.62. The number of likely N-dealkylation sites (tertiary alicyclic amines) is 1. The summed E-state index contributed by atoms with van der Waals surface area (Å²) < 4.78 is 6.33. The molecule has 0 aliphatic carbocycles. The Morgan fingerprint density at radius 3 is 2.11 bits per heavy atom. The molecule has 0 aromatic rings. The molecule has 2 fully saturated rings. The molecule has 2 aliphatic heterocycles. The van der Waals surface area contributed by atoms with Crippen LogP contribution in [0.3, 0.4) is 0 Å². The van der Waals surface area contributed by atoms with Crippen molar-refractivity contribution in [2.24, 2.45) is 11.7 Å². The second kappa shape index (κ2) is 5.01. The van der Waals surface area contributed by atoms with Crippen LogP contribution in [-0.4, -0.2) is 41.3 Å². The van der Waals surface area contributed by atoms with Gasteiger partial charge >= 0.3 is 0 Å². The molecule has 3 nitrogen and oxygen atoms in total. The van der Waals surface area contributed by atoms with Gasteiger partial charge in [-0.25, -0.2) is 0 Å². The molecule has 2 saturated heterocycles. The van der Waals surface area contributed by atoms with E-state index in [2.05, 4.69) is 39.5 Å². The Hall–Kier alpha value is -0.120. The Morgan fingerprint density at radius 2 is 1.74 bits per heavy atom. The molecule has 2 rings (SSSR count). The lowest BCUT2D eigenvalue weighted by atomic mass is 9.76. The largest absolute Gasteiger partial charge is 0.368 e. The van der Waals surface area contributed by atoms with Gasteiger partial charge in [0, 0.05) is 6.54 Å². The van der Waals surface area contributed by atoms with Crippen molar-refractivity contribution in [3.05, 3.63) is 0 Å². The lowest BCUT2D eigenvalue weighted by Crippen LogP contribution is -2.64. The first kappa shape index (κ1) is 15.3. The molecule has 112 valence electrons. The van der Waals surface area contributed by atoms with Crippen molar-refractivity contribution in [3.8, 4) is 0 Å². The Balaban J connectivity index is 2.19. The van der Waals surface area contributed by atoms with Gasteiger partial charge in [-0.1, -0.05) is 13.3 Å². The molecule has 0 aromatic heterocycles. The van der Waals surface area contributed by atoms with Gasteiger partial charge in [-0.05, 0) is 66.0 Å². The minimum Gasteiger partial charge on any atom is -0.368 e. The van der Waals surface area contributed by atoms with Crippen molar-refractivity contribution in [2.75, 3.05) is 19.6 Å². The van der Waals surface area contributed by atoms with Crippen LogP contribution < -0.4 is 5.73 Å². The summed E-state index contributed by atoms with van der Waals surface area (Å²) in [5.74, 6) is 0.907. The minimum absolute atomic E-state index is 0.00914. The van der Waals surface area contributed by atoms with E-state index in [1.165, 1.54) is 32.4 Å². The predicted molar refractivity (Wildman–Crippen MR) is 80.2 cm³/mol. The number of hydrogen-bond donors (Lipinski definition) is 1. The average Bonchev–Trinajstić information content (AvgIpc) is 2.54. The number of rotatable bonds is 3. The highest BCUT2D eigenvalue weighted by atomic mass is 16.5. The second-order valence-corrected chi connectivity index (χ2v) is 7.62. The third-order valence-electron chi connectivity index (χ3n) is 5.51. The average molecular weight is 268 g/mol. The Morgan fingerprint density at radius 1 is 1.16 bits per heavy atom. The fourth-order valence-corrected chi connectivity index (χ4v) is 4.45. The topological polar surface area (TPSA) is 38.5 Å². The molecule has 2 heterocycles. The first-order valence-electron chi connectivity index (χ1n) is 7.92. The van der Waals surface area contributed by atoms with E-state index in [9.17, 15) is 0 Å². The Bertz CT molecular complexity index is 319. The van der Waals surface area contributed by atoms with Crippen molar-refractivity contribution < 1.29 is 4.74 Å². The third kappa shape index (κ3) is 2.57. The third-order valence-corrected chi connectivity index (χ3v) is 5.51. The van der Waals surface area contributed by atoms with E-state index in [1.807, 2.05) is 0 Å². The maximum Gasteiger partial charge on any atom is 0.0830 e. The highest BCUT2D eigenvalue weighted by Crippen LogP contribution is 2.48. The maximum atomic E-state index is 6.33. The van der Waals surface area contributed by atoms with Crippen molar-refractivity contribution >= 4 is 0 Å². The summed E-state index contributed by atoms with van der Waals surface area (Å²) in [4.78, 5) is 2.63. The molecule has 0 bridgehead atoms. The van der Waals surface area contributed by atoms with E-state index in [1.54, 1.807) is 0 Å². The lowest BCUT2D eigenvalue weighted by Gasteiger charge is -2.50. The van der Waals surface area contributed by atoms with Gasteiger partial charge in [-0.15, -0.1) is 0 Å². The van der Waals surface area contributed by atoms with Gasteiger partial charge in [0.1, 0.15) is 0 Å². The van der Waals surface area contributed by atoms with E-state index in [0.29, 0.717) is 6.54 Å². The van der Waals surface area contributed by atoms with E-state index in [0.717, 1.165) is 12.3 Å². The molecule has 2 N–H and O–H groups in total. The summed E-state index contributed by atoms with van der Waals surface area (Å²) in [5, 5.41) is 0. The van der Waals surface area contributed by atoms with Crippen LogP contribution in [0.2, 0.25) is 0 Å². The Kier molecular flexibility index (Phi) is 4.03. The van der Waals surface area contributed by atoms with Crippen molar-refractivity contribution in [1.29, 1.82) is 0 Å². The van der Waals surface area contributed by atoms with Crippen LogP contribution in [0.15, 0.2) is 0 Å². The molecule has 1 unspecified atom stereocenters. The number of nitrogens with two attached hydrogens (primary N) is 1. The molecule has 19 heavy (non-hydrogen) atoms. The van der Waals surface area contributed by atoms with Crippen LogP contribution in [0.1, 0.15) is 60.3 Å². The van der Waals surface area contributed by atoms with E-state index < -0.39 is 0 Å². The van der Waals surface area contributed by atoms with Gasteiger partial charge < -0.3 is 10.5 Å². The van der Waals surface area contributed by atoms with Crippen LogP contribution in [0, 0.1) is 5.92 Å². The molecular weight excluding hydrogens is 236 g/mol. The lowest BCUT2D eigenvalue weighted by molar-refractivity contribution is -0.108.